The molecule has 0 spiro atoms. The maximum absolute atomic E-state index is 12.0. The van der Waals surface area contributed by atoms with Crippen molar-refractivity contribution in [3.63, 3.8) is 0 Å². The van der Waals surface area contributed by atoms with Crippen LogP contribution in [0.4, 0.5) is 5.69 Å². The molecule has 0 unspecified atom stereocenters. The minimum absolute atomic E-state index is 0.135. The smallest absolute Gasteiger partial charge is 0.262 e. The average molecular weight is 307 g/mol. The Kier molecular flexibility index (Phi) is 4.15. The predicted molar refractivity (Wildman–Crippen MR) is 87.1 cm³/mol. The molecule has 1 amide bonds. The number of hydrogen-bond acceptors (Lipinski definition) is 4. The molecular weight excluding hydrogens is 290 g/mol. The standard InChI is InChI=1S/C18H17N3O2/c1-20-18(22)17-12-21(15-4-2-3-5-16(15)23-17)11-14-8-6-13(10-19)7-9-14/h2-9,17H,11-12H2,1H3,(H,20,22)/t17-/m1/s1. The summed E-state index contributed by atoms with van der Waals surface area (Å²) in [4.78, 5) is 14.1. The fourth-order valence-electron chi connectivity index (χ4n) is 2.66. The van der Waals surface area contributed by atoms with E-state index in [2.05, 4.69) is 16.3 Å². The van der Waals surface area contributed by atoms with Gasteiger partial charge in [0.05, 0.1) is 23.9 Å². The van der Waals surface area contributed by atoms with Crippen molar-refractivity contribution in [1.29, 1.82) is 5.26 Å². The summed E-state index contributed by atoms with van der Waals surface area (Å²) in [5.41, 5.74) is 2.69. The van der Waals surface area contributed by atoms with Crippen LogP contribution < -0.4 is 15.0 Å². The van der Waals surface area contributed by atoms with E-state index in [1.54, 1.807) is 19.2 Å². The molecule has 0 radical (unpaired) electrons. The Labute approximate surface area is 135 Å². The topological polar surface area (TPSA) is 65.4 Å². The van der Waals surface area contributed by atoms with Gasteiger partial charge in [-0.1, -0.05) is 24.3 Å². The van der Waals surface area contributed by atoms with E-state index in [9.17, 15) is 4.79 Å². The number of carbonyl (C=O) groups is 1. The molecule has 2 aromatic rings. The molecule has 0 aromatic heterocycles. The summed E-state index contributed by atoms with van der Waals surface area (Å²) in [5, 5.41) is 11.5. The third-order valence-electron chi connectivity index (χ3n) is 3.86. The second-order valence-corrected chi connectivity index (χ2v) is 5.38. The van der Waals surface area contributed by atoms with Crippen molar-refractivity contribution >= 4 is 11.6 Å². The number of rotatable bonds is 3. The van der Waals surface area contributed by atoms with Gasteiger partial charge in [0.25, 0.3) is 5.91 Å². The number of amides is 1. The highest BCUT2D eigenvalue weighted by Gasteiger charge is 2.29. The molecule has 116 valence electrons. The van der Waals surface area contributed by atoms with Gasteiger partial charge in [-0.3, -0.25) is 4.79 Å². The normalized spacial score (nSPS) is 16.0. The molecule has 5 heteroatoms. The fraction of sp³-hybridized carbons (Fsp3) is 0.222. The molecule has 0 aliphatic carbocycles. The summed E-state index contributed by atoms with van der Waals surface area (Å²) in [6, 6.07) is 17.3. The summed E-state index contributed by atoms with van der Waals surface area (Å²) in [6.07, 6.45) is -0.534. The van der Waals surface area contributed by atoms with Gasteiger partial charge < -0.3 is 15.0 Å². The Morgan fingerprint density at radius 2 is 2.04 bits per heavy atom. The van der Waals surface area contributed by atoms with Gasteiger partial charge in [0.15, 0.2) is 6.10 Å². The first kappa shape index (κ1) is 14.9. The zero-order valence-electron chi connectivity index (χ0n) is 12.8. The maximum atomic E-state index is 12.0. The van der Waals surface area contributed by atoms with Gasteiger partial charge in [-0.15, -0.1) is 0 Å². The monoisotopic (exact) mass is 307 g/mol. The van der Waals surface area contributed by atoms with Gasteiger partial charge in [0.1, 0.15) is 5.75 Å². The predicted octanol–water partition coefficient (Wildman–Crippen LogP) is 2.07. The van der Waals surface area contributed by atoms with Crippen molar-refractivity contribution in [2.24, 2.45) is 0 Å². The molecule has 23 heavy (non-hydrogen) atoms. The van der Waals surface area contributed by atoms with Gasteiger partial charge >= 0.3 is 0 Å². The summed E-state index contributed by atoms with van der Waals surface area (Å²) in [5.74, 6) is 0.574. The fourth-order valence-corrected chi connectivity index (χ4v) is 2.66. The molecule has 0 saturated heterocycles. The lowest BCUT2D eigenvalue weighted by molar-refractivity contribution is -0.127. The number of likely N-dealkylation sites (N-methyl/N-ethyl adjacent to an activating group) is 1. The first-order chi connectivity index (χ1) is 11.2. The zero-order valence-corrected chi connectivity index (χ0v) is 12.8. The molecule has 1 aliphatic rings. The van der Waals surface area contributed by atoms with Crippen molar-refractivity contribution < 1.29 is 9.53 Å². The van der Waals surface area contributed by atoms with Crippen LogP contribution in [0.2, 0.25) is 0 Å². The van der Waals surface area contributed by atoms with Crippen LogP contribution in [0.1, 0.15) is 11.1 Å². The highest BCUT2D eigenvalue weighted by Crippen LogP contribution is 2.34. The van der Waals surface area contributed by atoms with Crippen molar-refractivity contribution in [3.8, 4) is 11.8 Å². The van der Waals surface area contributed by atoms with E-state index >= 15 is 0 Å². The van der Waals surface area contributed by atoms with Crippen molar-refractivity contribution in [2.75, 3.05) is 18.5 Å². The molecule has 0 bridgehead atoms. The van der Waals surface area contributed by atoms with Crippen LogP contribution in [0.3, 0.4) is 0 Å². The quantitative estimate of drug-likeness (QED) is 0.943. The number of carbonyl (C=O) groups excluding carboxylic acids is 1. The molecule has 0 saturated carbocycles. The number of hydrogen-bond donors (Lipinski definition) is 1. The van der Waals surface area contributed by atoms with Crippen LogP contribution in [-0.2, 0) is 11.3 Å². The van der Waals surface area contributed by atoms with Crippen LogP contribution in [0.5, 0.6) is 5.75 Å². The van der Waals surface area contributed by atoms with Gasteiger partial charge in [-0.2, -0.15) is 5.26 Å². The first-order valence-corrected chi connectivity index (χ1v) is 7.42. The highest BCUT2D eigenvalue weighted by molar-refractivity contribution is 5.83. The second kappa shape index (κ2) is 6.41. The van der Waals surface area contributed by atoms with E-state index in [4.69, 9.17) is 10.00 Å². The Morgan fingerprint density at radius 1 is 1.30 bits per heavy atom. The number of fused-ring (bicyclic) bond motifs is 1. The second-order valence-electron chi connectivity index (χ2n) is 5.38. The van der Waals surface area contributed by atoms with E-state index in [1.165, 1.54) is 0 Å². The molecule has 1 N–H and O–H groups in total. The molecule has 5 nitrogen and oxygen atoms in total. The lowest BCUT2D eigenvalue weighted by Gasteiger charge is -2.35. The summed E-state index contributed by atoms with van der Waals surface area (Å²) >= 11 is 0. The van der Waals surface area contributed by atoms with Crippen LogP contribution in [0, 0.1) is 11.3 Å². The van der Waals surface area contributed by atoms with Gasteiger partial charge in [0.2, 0.25) is 0 Å². The number of nitrogens with one attached hydrogen (secondary N) is 1. The molecule has 1 heterocycles. The number of ether oxygens (including phenoxy) is 1. The Balaban J connectivity index is 1.87. The third kappa shape index (κ3) is 3.11. The number of benzene rings is 2. The lowest BCUT2D eigenvalue weighted by atomic mass is 10.1. The van der Waals surface area contributed by atoms with E-state index in [1.807, 2.05) is 36.4 Å². The van der Waals surface area contributed by atoms with Crippen LogP contribution in [-0.4, -0.2) is 25.6 Å². The van der Waals surface area contributed by atoms with Crippen molar-refractivity contribution in [1.82, 2.24) is 5.32 Å². The minimum Gasteiger partial charge on any atom is -0.477 e. The summed E-state index contributed by atoms with van der Waals surface area (Å²) in [6.45, 7) is 1.14. The lowest BCUT2D eigenvalue weighted by Crippen LogP contribution is -2.47. The Morgan fingerprint density at radius 3 is 2.74 bits per heavy atom. The largest absolute Gasteiger partial charge is 0.477 e. The SMILES string of the molecule is CNC(=O)[C@H]1CN(Cc2ccc(C#N)cc2)c2ccccc2O1. The molecule has 0 fully saturated rings. The number of nitriles is 1. The van der Waals surface area contributed by atoms with Gasteiger partial charge in [0, 0.05) is 13.6 Å². The molecule has 1 aliphatic heterocycles. The maximum Gasteiger partial charge on any atom is 0.262 e. The van der Waals surface area contributed by atoms with Crippen molar-refractivity contribution in [2.45, 2.75) is 12.6 Å². The third-order valence-corrected chi connectivity index (χ3v) is 3.86. The first-order valence-electron chi connectivity index (χ1n) is 7.42. The zero-order chi connectivity index (χ0) is 16.2. The van der Waals surface area contributed by atoms with Gasteiger partial charge in [-0.25, -0.2) is 0 Å². The number of nitrogens with zero attached hydrogens (tertiary/aromatic N) is 2. The van der Waals surface area contributed by atoms with E-state index < -0.39 is 6.10 Å². The van der Waals surface area contributed by atoms with E-state index in [-0.39, 0.29) is 5.91 Å². The number of para-hydroxylation sites is 2. The molecule has 3 rings (SSSR count). The summed E-state index contributed by atoms with van der Waals surface area (Å²) < 4.78 is 5.79. The van der Waals surface area contributed by atoms with Crippen LogP contribution >= 0.6 is 0 Å². The van der Waals surface area contributed by atoms with Crippen LogP contribution in [0.25, 0.3) is 0 Å². The van der Waals surface area contributed by atoms with Gasteiger partial charge in [-0.05, 0) is 29.8 Å². The molecule has 1 atom stereocenters. The van der Waals surface area contributed by atoms with Crippen LogP contribution in [0.15, 0.2) is 48.5 Å². The Bertz CT molecular complexity index is 750. The molecular formula is C18H17N3O2. The highest BCUT2D eigenvalue weighted by atomic mass is 16.5. The van der Waals surface area contributed by atoms with E-state index in [0.29, 0.717) is 24.4 Å². The van der Waals surface area contributed by atoms with E-state index in [0.717, 1.165) is 11.3 Å². The number of anilines is 1. The minimum atomic E-state index is -0.534. The summed E-state index contributed by atoms with van der Waals surface area (Å²) in [7, 11) is 1.61. The molecule has 2 aromatic carbocycles. The van der Waals surface area contributed by atoms with Crippen molar-refractivity contribution in [3.05, 3.63) is 59.7 Å². The average Bonchev–Trinajstić information content (AvgIpc) is 2.61. The Hall–Kier alpha value is -3.00.